The number of hydrogen-bond acceptors (Lipinski definition) is 2. The SMILES string of the molecule is CC(=O)NNC(=O)CC(C)(C)C. The molecule has 0 spiro atoms. The summed E-state index contributed by atoms with van der Waals surface area (Å²) in [5.74, 6) is -0.435. The van der Waals surface area contributed by atoms with Crippen LogP contribution in [-0.4, -0.2) is 11.8 Å². The third-order valence-corrected chi connectivity index (χ3v) is 1.07. The second-order valence-corrected chi connectivity index (χ2v) is 3.97. The zero-order valence-corrected chi connectivity index (χ0v) is 8.02. The van der Waals surface area contributed by atoms with Gasteiger partial charge >= 0.3 is 0 Å². The summed E-state index contributed by atoms with van der Waals surface area (Å²) < 4.78 is 0. The summed E-state index contributed by atoms with van der Waals surface area (Å²) in [5, 5.41) is 0. The fourth-order valence-electron chi connectivity index (χ4n) is 0.684. The number of nitrogens with one attached hydrogen (secondary N) is 2. The molecule has 4 nitrogen and oxygen atoms in total. The van der Waals surface area contributed by atoms with Gasteiger partial charge in [-0.2, -0.15) is 0 Å². The van der Waals surface area contributed by atoms with Crippen LogP contribution in [0.15, 0.2) is 0 Å². The zero-order valence-electron chi connectivity index (χ0n) is 8.02. The zero-order chi connectivity index (χ0) is 9.78. The molecule has 0 radical (unpaired) electrons. The number of amides is 2. The second kappa shape index (κ2) is 4.09. The second-order valence-electron chi connectivity index (χ2n) is 3.97. The van der Waals surface area contributed by atoms with Crippen molar-refractivity contribution >= 4 is 11.8 Å². The first-order valence-corrected chi connectivity index (χ1v) is 3.87. The van der Waals surface area contributed by atoms with Crippen molar-refractivity contribution in [2.24, 2.45) is 5.41 Å². The van der Waals surface area contributed by atoms with Crippen LogP contribution in [0.2, 0.25) is 0 Å². The summed E-state index contributed by atoms with van der Waals surface area (Å²) in [5.41, 5.74) is 4.48. The summed E-state index contributed by atoms with van der Waals surface area (Å²) >= 11 is 0. The van der Waals surface area contributed by atoms with E-state index in [4.69, 9.17) is 0 Å². The van der Waals surface area contributed by atoms with Gasteiger partial charge in [0.05, 0.1) is 0 Å². The largest absolute Gasteiger partial charge is 0.274 e. The van der Waals surface area contributed by atoms with Crippen molar-refractivity contribution in [2.45, 2.75) is 34.1 Å². The molecule has 0 aliphatic rings. The highest BCUT2D eigenvalue weighted by Gasteiger charge is 2.15. The van der Waals surface area contributed by atoms with Crippen molar-refractivity contribution < 1.29 is 9.59 Å². The van der Waals surface area contributed by atoms with Gasteiger partial charge < -0.3 is 0 Å². The molecule has 0 aromatic heterocycles. The Labute approximate surface area is 72.7 Å². The van der Waals surface area contributed by atoms with Crippen LogP contribution in [0.3, 0.4) is 0 Å². The minimum atomic E-state index is -0.266. The maximum Gasteiger partial charge on any atom is 0.238 e. The van der Waals surface area contributed by atoms with Crippen molar-refractivity contribution in [2.75, 3.05) is 0 Å². The Morgan fingerprint density at radius 3 is 2.00 bits per heavy atom. The summed E-state index contributed by atoms with van der Waals surface area (Å²) in [6, 6.07) is 0. The molecular formula is C8H16N2O2. The average molecular weight is 172 g/mol. The number of carbonyl (C=O) groups is 2. The molecule has 2 amide bonds. The van der Waals surface area contributed by atoms with E-state index < -0.39 is 0 Å². The Morgan fingerprint density at radius 1 is 1.17 bits per heavy atom. The summed E-state index contributed by atoms with van der Waals surface area (Å²) in [6.07, 6.45) is 0.396. The molecule has 0 atom stereocenters. The fourth-order valence-corrected chi connectivity index (χ4v) is 0.684. The highest BCUT2D eigenvalue weighted by Crippen LogP contribution is 2.17. The van der Waals surface area contributed by atoms with E-state index in [-0.39, 0.29) is 17.2 Å². The molecule has 0 heterocycles. The molecule has 0 saturated heterocycles. The molecule has 70 valence electrons. The topological polar surface area (TPSA) is 58.2 Å². The minimum absolute atomic E-state index is 0.0530. The van der Waals surface area contributed by atoms with E-state index in [2.05, 4.69) is 10.9 Å². The lowest BCUT2D eigenvalue weighted by atomic mass is 9.92. The standard InChI is InChI=1S/C8H16N2O2/c1-6(11)9-10-7(12)5-8(2,3)4/h5H2,1-4H3,(H,9,11)(H,10,12). The maximum absolute atomic E-state index is 11.0. The Bertz CT molecular complexity index is 182. The molecule has 0 unspecified atom stereocenters. The highest BCUT2D eigenvalue weighted by atomic mass is 16.2. The predicted octanol–water partition coefficient (Wildman–Crippen LogP) is 0.590. The van der Waals surface area contributed by atoms with Crippen molar-refractivity contribution in [1.82, 2.24) is 10.9 Å². The van der Waals surface area contributed by atoms with Crippen LogP contribution >= 0.6 is 0 Å². The van der Waals surface area contributed by atoms with Gasteiger partial charge in [-0.1, -0.05) is 20.8 Å². The summed E-state index contributed by atoms with van der Waals surface area (Å²) in [6.45, 7) is 7.22. The normalized spacial score (nSPS) is 10.7. The van der Waals surface area contributed by atoms with E-state index in [1.165, 1.54) is 6.92 Å². The monoisotopic (exact) mass is 172 g/mol. The lowest BCUT2D eigenvalue weighted by molar-refractivity contribution is -0.128. The number of carbonyl (C=O) groups excluding carboxylic acids is 2. The van der Waals surface area contributed by atoms with Crippen LogP contribution in [0.25, 0.3) is 0 Å². The fraction of sp³-hybridized carbons (Fsp3) is 0.750. The molecule has 2 N–H and O–H groups in total. The molecule has 0 aromatic carbocycles. The lowest BCUT2D eigenvalue weighted by Crippen LogP contribution is -2.41. The first-order valence-electron chi connectivity index (χ1n) is 3.87. The maximum atomic E-state index is 11.0. The molecule has 0 bridgehead atoms. The van der Waals surface area contributed by atoms with Gasteiger partial charge in [-0.25, -0.2) is 0 Å². The molecular weight excluding hydrogens is 156 g/mol. The van der Waals surface area contributed by atoms with E-state index in [0.29, 0.717) is 6.42 Å². The van der Waals surface area contributed by atoms with Crippen LogP contribution in [0.1, 0.15) is 34.1 Å². The van der Waals surface area contributed by atoms with E-state index in [0.717, 1.165) is 0 Å². The van der Waals surface area contributed by atoms with E-state index in [1.54, 1.807) is 0 Å². The Morgan fingerprint density at radius 2 is 1.67 bits per heavy atom. The molecule has 0 fully saturated rings. The first kappa shape index (κ1) is 10.9. The van der Waals surface area contributed by atoms with Gasteiger partial charge in [-0.15, -0.1) is 0 Å². The molecule has 0 aliphatic carbocycles. The van der Waals surface area contributed by atoms with Gasteiger partial charge in [0.25, 0.3) is 0 Å². The van der Waals surface area contributed by atoms with Crippen LogP contribution in [0, 0.1) is 5.41 Å². The van der Waals surface area contributed by atoms with Gasteiger partial charge in [-0.3, -0.25) is 20.4 Å². The van der Waals surface area contributed by atoms with Crippen LogP contribution < -0.4 is 10.9 Å². The first-order chi connectivity index (χ1) is 5.31. The van der Waals surface area contributed by atoms with E-state index in [9.17, 15) is 9.59 Å². The van der Waals surface area contributed by atoms with E-state index >= 15 is 0 Å². The van der Waals surface area contributed by atoms with Gasteiger partial charge in [-0.05, 0) is 5.41 Å². The minimum Gasteiger partial charge on any atom is -0.274 e. The van der Waals surface area contributed by atoms with Crippen molar-refractivity contribution in [3.63, 3.8) is 0 Å². The highest BCUT2D eigenvalue weighted by molar-refractivity contribution is 5.80. The predicted molar refractivity (Wildman–Crippen MR) is 46.0 cm³/mol. The molecule has 0 saturated carbocycles. The van der Waals surface area contributed by atoms with Gasteiger partial charge in [0, 0.05) is 13.3 Å². The lowest BCUT2D eigenvalue weighted by Gasteiger charge is -2.16. The van der Waals surface area contributed by atoms with Gasteiger partial charge in [0.2, 0.25) is 11.8 Å². The Balaban J connectivity index is 3.68. The molecule has 0 rings (SSSR count). The Hall–Kier alpha value is -1.06. The van der Waals surface area contributed by atoms with Crippen molar-refractivity contribution in [3.05, 3.63) is 0 Å². The third-order valence-electron chi connectivity index (χ3n) is 1.07. The summed E-state index contributed by atoms with van der Waals surface area (Å²) in [4.78, 5) is 21.4. The number of hydrogen-bond donors (Lipinski definition) is 2. The third kappa shape index (κ3) is 7.05. The Kier molecular flexibility index (Phi) is 3.73. The quantitative estimate of drug-likeness (QED) is 0.569. The number of hydrazine groups is 1. The van der Waals surface area contributed by atoms with Gasteiger partial charge in [0.1, 0.15) is 0 Å². The summed E-state index contributed by atoms with van der Waals surface area (Å²) in [7, 11) is 0. The van der Waals surface area contributed by atoms with Crippen LogP contribution in [-0.2, 0) is 9.59 Å². The van der Waals surface area contributed by atoms with Crippen molar-refractivity contribution in [3.8, 4) is 0 Å². The molecule has 0 aromatic rings. The van der Waals surface area contributed by atoms with Crippen LogP contribution in [0.4, 0.5) is 0 Å². The van der Waals surface area contributed by atoms with E-state index in [1.807, 2.05) is 20.8 Å². The van der Waals surface area contributed by atoms with Crippen LogP contribution in [0.5, 0.6) is 0 Å². The smallest absolute Gasteiger partial charge is 0.238 e. The average Bonchev–Trinajstić information content (AvgIpc) is 1.79. The molecule has 12 heavy (non-hydrogen) atoms. The number of rotatable bonds is 1. The van der Waals surface area contributed by atoms with Crippen molar-refractivity contribution in [1.29, 1.82) is 0 Å². The molecule has 4 heteroatoms. The molecule has 0 aliphatic heterocycles. The van der Waals surface area contributed by atoms with Gasteiger partial charge in [0.15, 0.2) is 0 Å².